The highest BCUT2D eigenvalue weighted by Crippen LogP contribution is 2.39. The molecule has 0 bridgehead atoms. The predicted octanol–water partition coefficient (Wildman–Crippen LogP) is 5.01. The van der Waals surface area contributed by atoms with E-state index in [2.05, 4.69) is 4.98 Å². The zero-order chi connectivity index (χ0) is 25.5. The third-order valence-electron chi connectivity index (χ3n) is 5.12. The molecule has 0 aliphatic carbocycles. The zero-order valence-corrected chi connectivity index (χ0v) is 19.3. The summed E-state index contributed by atoms with van der Waals surface area (Å²) in [6.07, 6.45) is -3.34. The van der Waals surface area contributed by atoms with Gasteiger partial charge in [0, 0.05) is 23.2 Å². The van der Waals surface area contributed by atoms with E-state index in [0.29, 0.717) is 15.5 Å². The van der Waals surface area contributed by atoms with Crippen LogP contribution in [-0.2, 0) is 12.7 Å². The standard InChI is InChI=1S/C22H13ClF4N4O3S/c1-34-17-7-11(13(23)8-14(17)24)18-9-15-19(35-18)20(32)31(21(33)30(15)6-2-4-28)16-10-29-5-3-12(16)22(25,26)27/h3,5,7-10H,2,6H2,1H3. The van der Waals surface area contributed by atoms with Gasteiger partial charge in [0.1, 0.15) is 4.70 Å². The molecule has 3 aromatic heterocycles. The lowest BCUT2D eigenvalue weighted by Gasteiger charge is -2.15. The number of halogens is 5. The second-order valence-corrected chi connectivity index (χ2v) is 8.62. The van der Waals surface area contributed by atoms with Crippen LogP contribution in [0.4, 0.5) is 17.6 Å². The molecule has 7 nitrogen and oxygen atoms in total. The number of benzene rings is 1. The molecule has 35 heavy (non-hydrogen) atoms. The van der Waals surface area contributed by atoms with Crippen LogP contribution in [0.1, 0.15) is 12.0 Å². The Morgan fingerprint density at radius 2 is 2.00 bits per heavy atom. The van der Waals surface area contributed by atoms with Crippen molar-refractivity contribution in [2.45, 2.75) is 19.1 Å². The highest BCUT2D eigenvalue weighted by atomic mass is 35.5. The first-order valence-corrected chi connectivity index (χ1v) is 11.0. The van der Waals surface area contributed by atoms with Crippen molar-refractivity contribution in [3.05, 3.63) is 73.9 Å². The first-order valence-electron chi connectivity index (χ1n) is 9.79. The molecule has 13 heteroatoms. The average Bonchev–Trinajstić information content (AvgIpc) is 3.24. The van der Waals surface area contributed by atoms with Gasteiger partial charge in [-0.25, -0.2) is 13.8 Å². The van der Waals surface area contributed by atoms with Gasteiger partial charge in [0.05, 0.1) is 47.6 Å². The smallest absolute Gasteiger partial charge is 0.418 e. The summed E-state index contributed by atoms with van der Waals surface area (Å²) < 4.78 is 61.3. The monoisotopic (exact) mass is 524 g/mol. The Morgan fingerprint density at radius 3 is 2.66 bits per heavy atom. The van der Waals surface area contributed by atoms with Gasteiger partial charge in [-0.1, -0.05) is 11.6 Å². The van der Waals surface area contributed by atoms with Crippen molar-refractivity contribution in [2.75, 3.05) is 7.11 Å². The Morgan fingerprint density at radius 1 is 1.26 bits per heavy atom. The minimum Gasteiger partial charge on any atom is -0.494 e. The molecule has 0 saturated carbocycles. The molecule has 180 valence electrons. The van der Waals surface area contributed by atoms with E-state index in [4.69, 9.17) is 21.6 Å². The minimum atomic E-state index is -4.87. The van der Waals surface area contributed by atoms with Gasteiger partial charge in [-0.2, -0.15) is 18.4 Å². The number of methoxy groups -OCH3 is 1. The number of aromatic nitrogens is 3. The van der Waals surface area contributed by atoms with Crippen LogP contribution in [0.15, 0.2) is 46.2 Å². The van der Waals surface area contributed by atoms with Crippen LogP contribution in [0, 0.1) is 17.1 Å². The van der Waals surface area contributed by atoms with Crippen molar-refractivity contribution in [1.82, 2.24) is 14.1 Å². The van der Waals surface area contributed by atoms with Gasteiger partial charge in [0.25, 0.3) is 5.56 Å². The van der Waals surface area contributed by atoms with E-state index in [-0.39, 0.29) is 39.5 Å². The molecule has 0 saturated heterocycles. The van der Waals surface area contributed by atoms with Crippen molar-refractivity contribution >= 4 is 33.2 Å². The molecule has 0 spiro atoms. The molecule has 4 rings (SSSR count). The summed E-state index contributed by atoms with van der Waals surface area (Å²) in [4.78, 5) is 30.6. The molecule has 3 heterocycles. The molecular weight excluding hydrogens is 512 g/mol. The van der Waals surface area contributed by atoms with E-state index in [9.17, 15) is 27.2 Å². The molecule has 0 aliphatic heterocycles. The quantitative estimate of drug-likeness (QED) is 0.342. The number of hydrogen-bond donors (Lipinski definition) is 0. The van der Waals surface area contributed by atoms with Crippen molar-refractivity contribution in [2.24, 2.45) is 0 Å². The van der Waals surface area contributed by atoms with Crippen LogP contribution in [0.25, 0.3) is 26.3 Å². The van der Waals surface area contributed by atoms with E-state index < -0.39 is 34.5 Å². The summed E-state index contributed by atoms with van der Waals surface area (Å²) in [7, 11) is 1.26. The second kappa shape index (κ2) is 9.16. The predicted molar refractivity (Wildman–Crippen MR) is 122 cm³/mol. The summed E-state index contributed by atoms with van der Waals surface area (Å²) >= 11 is 7.05. The highest BCUT2D eigenvalue weighted by Gasteiger charge is 2.35. The van der Waals surface area contributed by atoms with Gasteiger partial charge >= 0.3 is 11.9 Å². The van der Waals surface area contributed by atoms with E-state index in [1.54, 1.807) is 0 Å². The maximum absolute atomic E-state index is 14.0. The summed E-state index contributed by atoms with van der Waals surface area (Å²) in [5, 5.41) is 9.02. The third kappa shape index (κ3) is 4.28. The SMILES string of the molecule is COc1cc(-c2cc3c(s2)c(=O)n(-c2cnccc2C(F)(F)F)c(=O)n3CCC#N)c(Cl)cc1F. The fourth-order valence-electron chi connectivity index (χ4n) is 3.55. The Kier molecular flexibility index (Phi) is 6.40. The summed E-state index contributed by atoms with van der Waals surface area (Å²) in [5.74, 6) is -0.835. The van der Waals surface area contributed by atoms with Crippen molar-refractivity contribution in [3.63, 3.8) is 0 Å². The van der Waals surface area contributed by atoms with E-state index in [1.165, 1.54) is 19.2 Å². The maximum atomic E-state index is 14.0. The summed E-state index contributed by atoms with van der Waals surface area (Å²) in [6.45, 7) is -0.190. The van der Waals surface area contributed by atoms with Crippen LogP contribution in [0.2, 0.25) is 5.02 Å². The Bertz CT molecular complexity index is 1620. The largest absolute Gasteiger partial charge is 0.494 e. The van der Waals surface area contributed by atoms with Gasteiger partial charge < -0.3 is 4.74 Å². The molecule has 0 amide bonds. The lowest BCUT2D eigenvalue weighted by molar-refractivity contribution is -0.137. The Labute approximate surface area is 203 Å². The number of fused-ring (bicyclic) bond motifs is 1. The first-order chi connectivity index (χ1) is 16.6. The van der Waals surface area contributed by atoms with Gasteiger partial charge in [-0.05, 0) is 24.3 Å². The summed E-state index contributed by atoms with van der Waals surface area (Å²) in [6, 6.07) is 6.30. The van der Waals surface area contributed by atoms with Crippen LogP contribution in [0.3, 0.4) is 0 Å². The van der Waals surface area contributed by atoms with Crippen LogP contribution >= 0.6 is 22.9 Å². The number of nitrogens with zero attached hydrogens (tertiary/aromatic N) is 4. The summed E-state index contributed by atoms with van der Waals surface area (Å²) in [5.41, 5.74) is -3.64. The number of nitriles is 1. The van der Waals surface area contributed by atoms with Crippen molar-refractivity contribution in [3.8, 4) is 27.9 Å². The van der Waals surface area contributed by atoms with Gasteiger partial charge in [0.2, 0.25) is 0 Å². The number of alkyl halides is 3. The molecule has 0 atom stereocenters. The Hall–Kier alpha value is -3.69. The zero-order valence-electron chi connectivity index (χ0n) is 17.7. The molecular formula is C22H13ClF4N4O3S. The number of thiophene rings is 1. The lowest BCUT2D eigenvalue weighted by Crippen LogP contribution is -2.39. The molecule has 1 aromatic carbocycles. The molecule has 0 unspecified atom stereocenters. The van der Waals surface area contributed by atoms with Gasteiger partial charge in [-0.15, -0.1) is 11.3 Å². The highest BCUT2D eigenvalue weighted by molar-refractivity contribution is 7.22. The van der Waals surface area contributed by atoms with Crippen molar-refractivity contribution in [1.29, 1.82) is 5.26 Å². The molecule has 0 fully saturated rings. The van der Waals surface area contributed by atoms with Gasteiger partial charge in [0.15, 0.2) is 11.6 Å². The lowest BCUT2D eigenvalue weighted by atomic mass is 10.1. The minimum absolute atomic E-state index is 0.00674. The van der Waals surface area contributed by atoms with Crippen LogP contribution in [0.5, 0.6) is 5.75 Å². The number of rotatable bonds is 5. The van der Waals surface area contributed by atoms with Crippen LogP contribution < -0.4 is 16.0 Å². The van der Waals surface area contributed by atoms with E-state index >= 15 is 0 Å². The molecule has 4 aromatic rings. The van der Waals surface area contributed by atoms with E-state index in [1.807, 2.05) is 6.07 Å². The second-order valence-electron chi connectivity index (χ2n) is 7.17. The van der Waals surface area contributed by atoms with Crippen LogP contribution in [-0.4, -0.2) is 21.2 Å². The normalized spacial score (nSPS) is 11.6. The average molecular weight is 525 g/mol. The van der Waals surface area contributed by atoms with E-state index in [0.717, 1.165) is 34.4 Å². The maximum Gasteiger partial charge on any atom is 0.418 e. The number of hydrogen-bond acceptors (Lipinski definition) is 6. The number of pyridine rings is 1. The van der Waals surface area contributed by atoms with Crippen molar-refractivity contribution < 1.29 is 22.3 Å². The molecule has 0 N–H and O–H groups in total. The number of aryl methyl sites for hydroxylation is 1. The Balaban J connectivity index is 2.08. The topological polar surface area (TPSA) is 89.9 Å². The number of ether oxygens (including phenoxy) is 1. The molecule has 0 aliphatic rings. The fraction of sp³-hybridized carbons (Fsp3) is 0.182. The molecule has 0 radical (unpaired) electrons. The first kappa shape index (κ1) is 24.4. The third-order valence-corrected chi connectivity index (χ3v) is 6.58. The fourth-order valence-corrected chi connectivity index (χ4v) is 4.98. The van der Waals surface area contributed by atoms with Gasteiger partial charge in [-0.3, -0.25) is 14.3 Å².